The molecule has 1 saturated heterocycles. The molecule has 33 heavy (non-hydrogen) atoms. The molecule has 1 atom stereocenters. The topological polar surface area (TPSA) is 120 Å². The summed E-state index contributed by atoms with van der Waals surface area (Å²) in [5.41, 5.74) is 1.07. The van der Waals surface area contributed by atoms with E-state index in [-0.39, 0.29) is 42.6 Å². The van der Waals surface area contributed by atoms with E-state index in [4.69, 9.17) is 0 Å². The number of hydrogen-bond donors (Lipinski definition) is 3. The van der Waals surface area contributed by atoms with Crippen LogP contribution in [0.15, 0.2) is 35.7 Å². The Hall–Kier alpha value is -3.27. The maximum absolute atomic E-state index is 12.8. The SMILES string of the molecule is O=C(CN(C(=O)c1ccccc1)C1CC1)Nc1nc(CC(=O)NC2CCCCNC2=O)cs1. The normalized spacial score (nSPS) is 18.1. The number of anilines is 1. The minimum absolute atomic E-state index is 0.0246. The van der Waals surface area contributed by atoms with Crippen molar-refractivity contribution in [3.05, 3.63) is 47.0 Å². The summed E-state index contributed by atoms with van der Waals surface area (Å²) in [4.78, 5) is 55.7. The summed E-state index contributed by atoms with van der Waals surface area (Å²) in [5.74, 6) is -0.926. The van der Waals surface area contributed by atoms with Gasteiger partial charge in [0, 0.05) is 23.5 Å². The third-order valence-electron chi connectivity index (χ3n) is 5.59. The fraction of sp³-hybridized carbons (Fsp3) is 0.435. The number of nitrogens with zero attached hydrogens (tertiary/aromatic N) is 2. The predicted molar refractivity (Wildman–Crippen MR) is 124 cm³/mol. The highest BCUT2D eigenvalue weighted by Gasteiger charge is 2.34. The molecule has 2 aliphatic rings. The van der Waals surface area contributed by atoms with Crippen molar-refractivity contribution in [2.45, 2.75) is 50.6 Å². The molecule has 9 nitrogen and oxygen atoms in total. The summed E-state index contributed by atoms with van der Waals surface area (Å²) in [6.07, 6.45) is 4.21. The van der Waals surface area contributed by atoms with E-state index in [9.17, 15) is 19.2 Å². The second-order valence-corrected chi connectivity index (χ2v) is 9.16. The van der Waals surface area contributed by atoms with E-state index in [2.05, 4.69) is 20.9 Å². The highest BCUT2D eigenvalue weighted by atomic mass is 32.1. The molecule has 0 spiro atoms. The van der Waals surface area contributed by atoms with Gasteiger partial charge in [0.25, 0.3) is 5.91 Å². The Morgan fingerprint density at radius 1 is 1.09 bits per heavy atom. The van der Waals surface area contributed by atoms with Gasteiger partial charge in [-0.3, -0.25) is 19.2 Å². The number of hydrogen-bond acceptors (Lipinski definition) is 6. The standard InChI is InChI=1S/C23H27N5O4S/c29-19(26-18-8-4-5-11-24-21(18)31)12-16-14-33-23(25-16)27-20(30)13-28(17-9-10-17)22(32)15-6-2-1-3-7-15/h1-3,6-7,14,17-18H,4-5,8-13H2,(H,24,31)(H,26,29)(H,25,27,30). The number of rotatable bonds is 8. The minimum Gasteiger partial charge on any atom is -0.354 e. The highest BCUT2D eigenvalue weighted by molar-refractivity contribution is 7.13. The van der Waals surface area contributed by atoms with E-state index in [1.807, 2.05) is 6.07 Å². The molecule has 2 aromatic rings. The second kappa shape index (κ2) is 10.6. The Morgan fingerprint density at radius 3 is 2.64 bits per heavy atom. The zero-order valence-corrected chi connectivity index (χ0v) is 19.0. The molecule has 10 heteroatoms. The van der Waals surface area contributed by atoms with Gasteiger partial charge < -0.3 is 20.9 Å². The predicted octanol–water partition coefficient (Wildman–Crippen LogP) is 1.71. The molecule has 174 valence electrons. The Kier molecular flexibility index (Phi) is 7.33. The van der Waals surface area contributed by atoms with Gasteiger partial charge in [0.2, 0.25) is 17.7 Å². The van der Waals surface area contributed by atoms with Crippen LogP contribution in [0.1, 0.15) is 48.2 Å². The number of carbonyl (C=O) groups is 4. The average molecular weight is 470 g/mol. The van der Waals surface area contributed by atoms with Crippen molar-refractivity contribution in [1.29, 1.82) is 0 Å². The quantitative estimate of drug-likeness (QED) is 0.544. The molecule has 3 N–H and O–H groups in total. The first-order valence-electron chi connectivity index (χ1n) is 11.2. The molecule has 1 aromatic carbocycles. The molecular weight excluding hydrogens is 442 g/mol. The Bertz CT molecular complexity index is 1020. The van der Waals surface area contributed by atoms with Gasteiger partial charge in [-0.2, -0.15) is 0 Å². The first-order valence-corrected chi connectivity index (χ1v) is 12.0. The van der Waals surface area contributed by atoms with E-state index < -0.39 is 6.04 Å². The first kappa shape index (κ1) is 22.9. The van der Waals surface area contributed by atoms with Gasteiger partial charge in [0.1, 0.15) is 12.6 Å². The summed E-state index contributed by atoms with van der Waals surface area (Å²) in [7, 11) is 0. The summed E-state index contributed by atoms with van der Waals surface area (Å²) in [5, 5.41) is 10.4. The van der Waals surface area contributed by atoms with Crippen LogP contribution in [-0.4, -0.2) is 58.7 Å². The molecule has 0 bridgehead atoms. The van der Waals surface area contributed by atoms with Gasteiger partial charge >= 0.3 is 0 Å². The molecule has 4 amide bonds. The fourth-order valence-electron chi connectivity index (χ4n) is 3.75. The molecule has 1 aromatic heterocycles. The van der Waals surface area contributed by atoms with Crippen molar-refractivity contribution >= 4 is 40.1 Å². The van der Waals surface area contributed by atoms with Crippen molar-refractivity contribution in [3.63, 3.8) is 0 Å². The lowest BCUT2D eigenvalue weighted by Gasteiger charge is -2.21. The molecule has 2 fully saturated rings. The van der Waals surface area contributed by atoms with E-state index in [1.165, 1.54) is 11.3 Å². The molecule has 1 aliphatic heterocycles. The third kappa shape index (κ3) is 6.38. The van der Waals surface area contributed by atoms with E-state index in [0.717, 1.165) is 25.7 Å². The summed E-state index contributed by atoms with van der Waals surface area (Å²) in [6.45, 7) is 0.583. The lowest BCUT2D eigenvalue weighted by molar-refractivity contribution is -0.128. The van der Waals surface area contributed by atoms with E-state index in [1.54, 1.807) is 34.5 Å². The van der Waals surface area contributed by atoms with Crippen LogP contribution in [0.2, 0.25) is 0 Å². The zero-order valence-electron chi connectivity index (χ0n) is 18.2. The van der Waals surface area contributed by atoms with Crippen LogP contribution >= 0.6 is 11.3 Å². The van der Waals surface area contributed by atoms with Crippen LogP contribution in [0.5, 0.6) is 0 Å². The monoisotopic (exact) mass is 469 g/mol. The molecule has 2 heterocycles. The van der Waals surface area contributed by atoms with Gasteiger partial charge in [0.15, 0.2) is 5.13 Å². The van der Waals surface area contributed by atoms with Crippen molar-refractivity contribution < 1.29 is 19.2 Å². The lowest BCUT2D eigenvalue weighted by Crippen LogP contribution is -2.46. The van der Waals surface area contributed by atoms with Gasteiger partial charge in [-0.05, 0) is 44.2 Å². The number of benzene rings is 1. The van der Waals surface area contributed by atoms with Crippen LogP contribution in [0.25, 0.3) is 0 Å². The van der Waals surface area contributed by atoms with Crippen molar-refractivity contribution in [2.24, 2.45) is 0 Å². The molecule has 0 radical (unpaired) electrons. The number of amides is 4. The van der Waals surface area contributed by atoms with Crippen LogP contribution < -0.4 is 16.0 Å². The minimum atomic E-state index is -0.520. The number of aromatic nitrogens is 1. The van der Waals surface area contributed by atoms with Gasteiger partial charge in [-0.15, -0.1) is 11.3 Å². The average Bonchev–Trinajstić information content (AvgIpc) is 3.59. The van der Waals surface area contributed by atoms with Crippen molar-refractivity contribution in [3.8, 4) is 0 Å². The molecule has 1 unspecified atom stereocenters. The van der Waals surface area contributed by atoms with Gasteiger partial charge in [-0.25, -0.2) is 4.98 Å². The lowest BCUT2D eigenvalue weighted by atomic mass is 10.1. The fourth-order valence-corrected chi connectivity index (χ4v) is 4.47. The first-order chi connectivity index (χ1) is 16.0. The van der Waals surface area contributed by atoms with Crippen molar-refractivity contribution in [2.75, 3.05) is 18.4 Å². The Balaban J connectivity index is 1.29. The van der Waals surface area contributed by atoms with Crippen LogP contribution in [-0.2, 0) is 20.8 Å². The maximum atomic E-state index is 12.8. The largest absolute Gasteiger partial charge is 0.354 e. The number of nitrogens with one attached hydrogen (secondary N) is 3. The summed E-state index contributed by atoms with van der Waals surface area (Å²) < 4.78 is 0. The zero-order chi connectivity index (χ0) is 23.2. The second-order valence-electron chi connectivity index (χ2n) is 8.31. The summed E-state index contributed by atoms with van der Waals surface area (Å²) in [6, 6.07) is 8.49. The Labute approximate surface area is 196 Å². The molecular formula is C23H27N5O4S. The highest BCUT2D eigenvalue weighted by Crippen LogP contribution is 2.28. The number of carbonyl (C=O) groups excluding carboxylic acids is 4. The molecule has 1 saturated carbocycles. The van der Waals surface area contributed by atoms with Crippen molar-refractivity contribution in [1.82, 2.24) is 20.5 Å². The van der Waals surface area contributed by atoms with Crippen LogP contribution in [0.4, 0.5) is 5.13 Å². The van der Waals surface area contributed by atoms with E-state index in [0.29, 0.717) is 29.4 Å². The molecule has 4 rings (SSSR count). The number of thiazole rings is 1. The maximum Gasteiger partial charge on any atom is 0.254 e. The van der Waals surface area contributed by atoms with Gasteiger partial charge in [0.05, 0.1) is 12.1 Å². The molecule has 1 aliphatic carbocycles. The Morgan fingerprint density at radius 2 is 1.88 bits per heavy atom. The van der Waals surface area contributed by atoms with E-state index >= 15 is 0 Å². The van der Waals surface area contributed by atoms with Crippen LogP contribution in [0, 0.1) is 0 Å². The van der Waals surface area contributed by atoms with Gasteiger partial charge in [-0.1, -0.05) is 18.2 Å². The smallest absolute Gasteiger partial charge is 0.254 e. The third-order valence-corrected chi connectivity index (χ3v) is 6.40. The summed E-state index contributed by atoms with van der Waals surface area (Å²) >= 11 is 1.22. The van der Waals surface area contributed by atoms with Crippen LogP contribution in [0.3, 0.4) is 0 Å².